The molecule has 1 aliphatic heterocycles. The first-order valence-corrected chi connectivity index (χ1v) is 8.68. The summed E-state index contributed by atoms with van der Waals surface area (Å²) in [4.78, 5) is 24.4. The summed E-state index contributed by atoms with van der Waals surface area (Å²) < 4.78 is 6.84. The zero-order chi connectivity index (χ0) is 18.3. The lowest BCUT2D eigenvalue weighted by atomic mass is 9.96. The fraction of sp³-hybridized carbons (Fsp3) is 0.412. The third-order valence-corrected chi connectivity index (χ3v) is 5.33. The number of methoxy groups -OCH3 is 1. The maximum absolute atomic E-state index is 12.3. The molecule has 0 aliphatic carbocycles. The standard InChI is InChI=1S/C17H19Cl2N3O3/c1-8-13-11(4-5-20-17(8)24)22(2)16-14(13)10(6-9(18)15(16)19)21-12(23)7-25-3/h6,8H,4-5,7H2,1-3H3,(H,20,24)(H,21,23)/t8-/m0/s1. The number of carbonyl (C=O) groups excluding carboxylic acids is 2. The molecule has 1 aromatic carbocycles. The van der Waals surface area contributed by atoms with E-state index in [2.05, 4.69) is 10.6 Å². The van der Waals surface area contributed by atoms with E-state index in [-0.39, 0.29) is 24.3 Å². The smallest absolute Gasteiger partial charge is 0.250 e. The van der Waals surface area contributed by atoms with Gasteiger partial charge in [0.25, 0.3) is 0 Å². The molecule has 2 heterocycles. The van der Waals surface area contributed by atoms with Crippen LogP contribution in [0.15, 0.2) is 6.07 Å². The molecule has 25 heavy (non-hydrogen) atoms. The van der Waals surface area contributed by atoms with Gasteiger partial charge in [0.1, 0.15) is 6.61 Å². The lowest BCUT2D eigenvalue weighted by Gasteiger charge is -2.13. The molecule has 0 fully saturated rings. The highest BCUT2D eigenvalue weighted by atomic mass is 35.5. The molecule has 2 aromatic rings. The molecule has 1 aromatic heterocycles. The van der Waals surface area contributed by atoms with Gasteiger partial charge in [-0.05, 0) is 18.6 Å². The molecular weight excluding hydrogens is 365 g/mol. The highest BCUT2D eigenvalue weighted by Gasteiger charge is 2.30. The molecule has 1 aliphatic rings. The average Bonchev–Trinajstić information content (AvgIpc) is 2.76. The Hall–Kier alpha value is -1.76. The van der Waals surface area contributed by atoms with Gasteiger partial charge in [-0.3, -0.25) is 9.59 Å². The highest BCUT2D eigenvalue weighted by Crippen LogP contribution is 2.43. The molecule has 0 bridgehead atoms. The van der Waals surface area contributed by atoms with Crippen molar-refractivity contribution < 1.29 is 14.3 Å². The van der Waals surface area contributed by atoms with Gasteiger partial charge >= 0.3 is 0 Å². The third kappa shape index (κ3) is 2.99. The van der Waals surface area contributed by atoms with Crippen LogP contribution in [0.1, 0.15) is 24.1 Å². The number of ether oxygens (including phenoxy) is 1. The number of hydrogen-bond donors (Lipinski definition) is 2. The first-order valence-electron chi connectivity index (χ1n) is 7.92. The van der Waals surface area contributed by atoms with Crippen molar-refractivity contribution in [3.63, 3.8) is 0 Å². The van der Waals surface area contributed by atoms with Crippen molar-refractivity contribution >= 4 is 51.6 Å². The number of aromatic nitrogens is 1. The summed E-state index contributed by atoms with van der Waals surface area (Å²) in [7, 11) is 3.34. The van der Waals surface area contributed by atoms with Gasteiger partial charge in [-0.2, -0.15) is 0 Å². The molecule has 3 rings (SSSR count). The summed E-state index contributed by atoms with van der Waals surface area (Å²) in [6.45, 7) is 2.33. The number of aryl methyl sites for hydroxylation is 1. The van der Waals surface area contributed by atoms with Gasteiger partial charge in [-0.15, -0.1) is 0 Å². The SMILES string of the molecule is COCC(=O)Nc1cc(Cl)c(Cl)c2c1c1c(n2C)CCNC(=O)[C@H]1C. The third-order valence-electron chi connectivity index (χ3n) is 4.55. The van der Waals surface area contributed by atoms with E-state index in [0.717, 1.165) is 16.6 Å². The summed E-state index contributed by atoms with van der Waals surface area (Å²) in [6.07, 6.45) is 0.677. The second-order valence-corrected chi connectivity index (χ2v) is 6.89. The average molecular weight is 384 g/mol. The van der Waals surface area contributed by atoms with Crippen LogP contribution in [0.3, 0.4) is 0 Å². The number of anilines is 1. The van der Waals surface area contributed by atoms with Gasteiger partial charge in [0.15, 0.2) is 0 Å². The molecule has 0 radical (unpaired) electrons. The van der Waals surface area contributed by atoms with Crippen LogP contribution in [0.25, 0.3) is 10.9 Å². The van der Waals surface area contributed by atoms with Crippen molar-refractivity contribution in [3.8, 4) is 0 Å². The minimum Gasteiger partial charge on any atom is -0.375 e. The molecule has 0 saturated carbocycles. The monoisotopic (exact) mass is 383 g/mol. The number of halogens is 2. The molecule has 134 valence electrons. The summed E-state index contributed by atoms with van der Waals surface area (Å²) in [5.74, 6) is -0.714. The minimum absolute atomic E-state index is 0.0495. The van der Waals surface area contributed by atoms with E-state index in [4.69, 9.17) is 27.9 Å². The normalized spacial score (nSPS) is 17.2. The Bertz CT molecular complexity index is 876. The topological polar surface area (TPSA) is 72.4 Å². The van der Waals surface area contributed by atoms with E-state index < -0.39 is 0 Å². The Kier molecular flexibility index (Phi) is 4.95. The number of carbonyl (C=O) groups is 2. The largest absolute Gasteiger partial charge is 0.375 e. The van der Waals surface area contributed by atoms with Crippen molar-refractivity contribution in [2.45, 2.75) is 19.3 Å². The zero-order valence-electron chi connectivity index (χ0n) is 14.2. The van der Waals surface area contributed by atoms with Crippen LogP contribution in [-0.2, 0) is 27.8 Å². The predicted molar refractivity (Wildman–Crippen MR) is 98.6 cm³/mol. The lowest BCUT2D eigenvalue weighted by Crippen LogP contribution is -2.27. The molecule has 8 heteroatoms. The van der Waals surface area contributed by atoms with Gasteiger partial charge in [0.2, 0.25) is 11.8 Å². The Morgan fingerprint density at radius 3 is 2.88 bits per heavy atom. The Morgan fingerprint density at radius 2 is 2.20 bits per heavy atom. The summed E-state index contributed by atoms with van der Waals surface area (Å²) in [5.41, 5.74) is 3.13. The van der Waals surface area contributed by atoms with Crippen molar-refractivity contribution in [1.82, 2.24) is 9.88 Å². The predicted octanol–water partition coefficient (Wildman–Crippen LogP) is 2.85. The number of hydrogen-bond acceptors (Lipinski definition) is 3. The van der Waals surface area contributed by atoms with Crippen LogP contribution in [0.5, 0.6) is 0 Å². The van der Waals surface area contributed by atoms with Crippen LogP contribution >= 0.6 is 23.2 Å². The van der Waals surface area contributed by atoms with Gasteiger partial charge in [0, 0.05) is 38.2 Å². The maximum atomic E-state index is 12.3. The molecule has 0 spiro atoms. The maximum Gasteiger partial charge on any atom is 0.250 e. The van der Waals surface area contributed by atoms with E-state index >= 15 is 0 Å². The summed E-state index contributed by atoms with van der Waals surface area (Å²) in [6, 6.07) is 1.62. The van der Waals surface area contributed by atoms with Gasteiger partial charge in [-0.25, -0.2) is 0 Å². The fourth-order valence-electron chi connectivity index (χ4n) is 3.43. The molecule has 6 nitrogen and oxygen atoms in total. The van der Waals surface area contributed by atoms with Crippen molar-refractivity contribution in [2.24, 2.45) is 7.05 Å². The highest BCUT2D eigenvalue weighted by molar-refractivity contribution is 6.46. The van der Waals surface area contributed by atoms with E-state index in [1.165, 1.54) is 7.11 Å². The molecule has 0 unspecified atom stereocenters. The van der Waals surface area contributed by atoms with E-state index in [0.29, 0.717) is 34.2 Å². The van der Waals surface area contributed by atoms with Crippen LogP contribution < -0.4 is 10.6 Å². The molecule has 2 amide bonds. The van der Waals surface area contributed by atoms with E-state index in [1.807, 2.05) is 18.5 Å². The van der Waals surface area contributed by atoms with Crippen molar-refractivity contribution in [3.05, 3.63) is 27.4 Å². The van der Waals surface area contributed by atoms with Gasteiger partial charge in [0.05, 0.1) is 27.2 Å². The van der Waals surface area contributed by atoms with Crippen LogP contribution in [0, 0.1) is 0 Å². The quantitative estimate of drug-likeness (QED) is 0.855. The Labute approximate surface area is 155 Å². The van der Waals surface area contributed by atoms with E-state index in [1.54, 1.807) is 6.07 Å². The van der Waals surface area contributed by atoms with Crippen molar-refractivity contribution in [1.29, 1.82) is 0 Å². The van der Waals surface area contributed by atoms with Gasteiger partial charge in [-0.1, -0.05) is 23.2 Å². The second-order valence-electron chi connectivity index (χ2n) is 6.11. The molecule has 1 atom stereocenters. The Morgan fingerprint density at radius 1 is 1.48 bits per heavy atom. The summed E-state index contributed by atoms with van der Waals surface area (Å²) in [5, 5.41) is 7.23. The number of fused-ring (bicyclic) bond motifs is 3. The number of benzene rings is 1. The fourth-order valence-corrected chi connectivity index (χ4v) is 3.91. The number of amides is 2. The first kappa shape index (κ1) is 18.0. The first-order chi connectivity index (χ1) is 11.9. The van der Waals surface area contributed by atoms with Crippen LogP contribution in [0.2, 0.25) is 10.0 Å². The van der Waals surface area contributed by atoms with Gasteiger partial charge < -0.3 is 19.9 Å². The summed E-state index contributed by atoms with van der Waals surface area (Å²) >= 11 is 12.7. The molecular formula is C17H19Cl2N3O3. The number of nitrogens with zero attached hydrogens (tertiary/aromatic N) is 1. The second kappa shape index (κ2) is 6.86. The lowest BCUT2D eigenvalue weighted by molar-refractivity contribution is -0.122. The Balaban J connectivity index is 2.32. The number of nitrogens with one attached hydrogen (secondary N) is 2. The zero-order valence-corrected chi connectivity index (χ0v) is 15.7. The van der Waals surface area contributed by atoms with Crippen molar-refractivity contribution in [2.75, 3.05) is 25.6 Å². The van der Waals surface area contributed by atoms with E-state index in [9.17, 15) is 9.59 Å². The number of rotatable bonds is 3. The molecule has 0 saturated heterocycles. The minimum atomic E-state index is -0.364. The van der Waals surface area contributed by atoms with Crippen LogP contribution in [0.4, 0.5) is 5.69 Å². The molecule has 2 N–H and O–H groups in total. The van der Waals surface area contributed by atoms with Crippen LogP contribution in [-0.4, -0.2) is 36.6 Å².